The quantitative estimate of drug-likeness (QED) is 0.758. The summed E-state index contributed by atoms with van der Waals surface area (Å²) in [6.07, 6.45) is 0.981. The van der Waals surface area contributed by atoms with Gasteiger partial charge in [0.15, 0.2) is 5.82 Å². The molecule has 4 nitrogen and oxygen atoms in total. The van der Waals surface area contributed by atoms with Gasteiger partial charge in [-0.25, -0.2) is 4.98 Å². The monoisotopic (exact) mass is 316 g/mol. The zero-order chi connectivity index (χ0) is 14.7. The summed E-state index contributed by atoms with van der Waals surface area (Å²) in [5.41, 5.74) is 2.10. The fourth-order valence-electron chi connectivity index (χ4n) is 1.93. The fraction of sp³-hybridized carbons (Fsp3) is 0.267. The van der Waals surface area contributed by atoms with Gasteiger partial charge in [0.05, 0.1) is 16.7 Å². The van der Waals surface area contributed by atoms with Gasteiger partial charge in [-0.2, -0.15) is 9.36 Å². The Balaban J connectivity index is 1.72. The van der Waals surface area contributed by atoms with E-state index in [-0.39, 0.29) is 6.04 Å². The minimum atomic E-state index is 0.137. The Morgan fingerprint density at radius 3 is 2.71 bits per heavy atom. The molecule has 0 spiro atoms. The van der Waals surface area contributed by atoms with Crippen LogP contribution in [0, 0.1) is 0 Å². The van der Waals surface area contributed by atoms with E-state index in [2.05, 4.69) is 38.9 Å². The summed E-state index contributed by atoms with van der Waals surface area (Å²) in [4.78, 5) is 9.15. The van der Waals surface area contributed by atoms with Gasteiger partial charge in [0.2, 0.25) is 5.13 Å². The number of aromatic nitrogens is 3. The van der Waals surface area contributed by atoms with Gasteiger partial charge in [-0.1, -0.05) is 37.3 Å². The Morgan fingerprint density at radius 2 is 2.00 bits per heavy atom. The van der Waals surface area contributed by atoms with Gasteiger partial charge in [-0.05, 0) is 13.3 Å². The molecule has 0 aliphatic carbocycles. The highest BCUT2D eigenvalue weighted by atomic mass is 32.1. The van der Waals surface area contributed by atoms with Gasteiger partial charge in [0, 0.05) is 22.5 Å². The second-order valence-electron chi connectivity index (χ2n) is 4.67. The molecule has 0 aliphatic heterocycles. The van der Waals surface area contributed by atoms with Gasteiger partial charge < -0.3 is 5.32 Å². The molecular weight excluding hydrogens is 300 g/mol. The maximum Gasteiger partial charge on any atom is 0.203 e. The fourth-order valence-corrected chi connectivity index (χ4v) is 3.45. The van der Waals surface area contributed by atoms with Crippen LogP contribution in [0.15, 0.2) is 35.7 Å². The summed E-state index contributed by atoms with van der Waals surface area (Å²) in [6, 6.07) is 10.1. The standard InChI is InChI=1S/C15H16N4S2/c1-3-13-17-12(9-20-13)10(2)16-15-18-14(19-21-15)11-7-5-4-6-8-11/h4-10H,3H2,1-2H3,(H,16,18,19). The van der Waals surface area contributed by atoms with Crippen LogP contribution in [0.25, 0.3) is 11.4 Å². The van der Waals surface area contributed by atoms with E-state index < -0.39 is 0 Å². The van der Waals surface area contributed by atoms with Gasteiger partial charge in [0.1, 0.15) is 0 Å². The first kappa shape index (κ1) is 14.2. The molecule has 0 fully saturated rings. The molecule has 0 saturated heterocycles. The third kappa shape index (κ3) is 3.28. The summed E-state index contributed by atoms with van der Waals surface area (Å²) < 4.78 is 4.40. The van der Waals surface area contributed by atoms with Gasteiger partial charge in [-0.3, -0.25) is 0 Å². The van der Waals surface area contributed by atoms with Gasteiger partial charge >= 0.3 is 0 Å². The third-order valence-corrected chi connectivity index (χ3v) is 4.77. The molecule has 0 bridgehead atoms. The van der Waals surface area contributed by atoms with Crippen LogP contribution in [0.3, 0.4) is 0 Å². The molecule has 1 aromatic carbocycles. The molecule has 108 valence electrons. The summed E-state index contributed by atoms with van der Waals surface area (Å²) in [7, 11) is 0. The Labute approximate surface area is 132 Å². The molecule has 0 radical (unpaired) electrons. The number of nitrogens with one attached hydrogen (secondary N) is 1. The van der Waals surface area contributed by atoms with Crippen molar-refractivity contribution in [3.8, 4) is 11.4 Å². The first-order chi connectivity index (χ1) is 10.3. The highest BCUT2D eigenvalue weighted by molar-refractivity contribution is 7.10. The van der Waals surface area contributed by atoms with E-state index in [0.717, 1.165) is 28.6 Å². The predicted molar refractivity (Wildman–Crippen MR) is 88.9 cm³/mol. The van der Waals surface area contributed by atoms with Crippen molar-refractivity contribution in [2.75, 3.05) is 5.32 Å². The predicted octanol–water partition coefficient (Wildman–Crippen LogP) is 4.40. The van der Waals surface area contributed by atoms with Crippen LogP contribution < -0.4 is 5.32 Å². The number of anilines is 1. The summed E-state index contributed by atoms with van der Waals surface area (Å²) >= 11 is 3.09. The number of nitrogens with zero attached hydrogens (tertiary/aromatic N) is 3. The number of thiazole rings is 1. The summed E-state index contributed by atoms with van der Waals surface area (Å²) in [6.45, 7) is 4.22. The van der Waals surface area contributed by atoms with E-state index in [0.29, 0.717) is 0 Å². The van der Waals surface area contributed by atoms with E-state index in [1.165, 1.54) is 16.5 Å². The van der Waals surface area contributed by atoms with E-state index in [4.69, 9.17) is 0 Å². The molecule has 3 rings (SSSR count). The van der Waals surface area contributed by atoms with E-state index in [1.807, 2.05) is 30.3 Å². The second kappa shape index (κ2) is 6.32. The lowest BCUT2D eigenvalue weighted by Gasteiger charge is -2.09. The lowest BCUT2D eigenvalue weighted by atomic mass is 10.2. The molecule has 3 aromatic rings. The van der Waals surface area contributed by atoms with Crippen LogP contribution in [0.1, 0.15) is 30.6 Å². The molecule has 0 saturated carbocycles. The van der Waals surface area contributed by atoms with Crippen molar-refractivity contribution in [1.82, 2.24) is 14.3 Å². The Bertz CT molecular complexity index is 705. The lowest BCUT2D eigenvalue weighted by molar-refractivity contribution is 0.837. The molecule has 21 heavy (non-hydrogen) atoms. The van der Waals surface area contributed by atoms with Crippen LogP contribution >= 0.6 is 22.9 Å². The molecule has 2 aromatic heterocycles. The largest absolute Gasteiger partial charge is 0.352 e. The summed E-state index contributed by atoms with van der Waals surface area (Å²) in [5, 5.41) is 7.48. The SMILES string of the molecule is CCc1nc(C(C)Nc2nc(-c3ccccc3)ns2)cs1. The zero-order valence-corrected chi connectivity index (χ0v) is 13.5. The number of benzene rings is 1. The molecule has 1 unspecified atom stereocenters. The average molecular weight is 316 g/mol. The van der Waals surface area contributed by atoms with Gasteiger partial charge in [-0.15, -0.1) is 11.3 Å². The van der Waals surface area contributed by atoms with Crippen LogP contribution in [-0.2, 0) is 6.42 Å². The Hall–Kier alpha value is -1.79. The lowest BCUT2D eigenvalue weighted by Crippen LogP contribution is -2.06. The second-order valence-corrected chi connectivity index (χ2v) is 6.37. The van der Waals surface area contributed by atoms with Crippen molar-refractivity contribution in [3.05, 3.63) is 46.4 Å². The zero-order valence-electron chi connectivity index (χ0n) is 11.9. The topological polar surface area (TPSA) is 50.7 Å². The number of aryl methyl sites for hydroxylation is 1. The van der Waals surface area contributed by atoms with Crippen molar-refractivity contribution in [1.29, 1.82) is 0 Å². The molecule has 2 heterocycles. The Morgan fingerprint density at radius 1 is 1.19 bits per heavy atom. The maximum absolute atomic E-state index is 4.60. The smallest absolute Gasteiger partial charge is 0.203 e. The number of rotatable bonds is 5. The molecule has 1 atom stereocenters. The van der Waals surface area contributed by atoms with E-state index >= 15 is 0 Å². The molecule has 0 amide bonds. The van der Waals surface area contributed by atoms with Crippen molar-refractivity contribution < 1.29 is 0 Å². The first-order valence-electron chi connectivity index (χ1n) is 6.86. The number of hydrogen-bond acceptors (Lipinski definition) is 6. The molecule has 6 heteroatoms. The van der Waals surface area contributed by atoms with Gasteiger partial charge in [0.25, 0.3) is 0 Å². The minimum absolute atomic E-state index is 0.137. The maximum atomic E-state index is 4.60. The highest BCUT2D eigenvalue weighted by Gasteiger charge is 2.12. The summed E-state index contributed by atoms with van der Waals surface area (Å²) in [5.74, 6) is 0.767. The first-order valence-corrected chi connectivity index (χ1v) is 8.51. The van der Waals surface area contributed by atoms with Crippen LogP contribution in [0.4, 0.5) is 5.13 Å². The van der Waals surface area contributed by atoms with Crippen molar-refractivity contribution in [2.45, 2.75) is 26.3 Å². The van der Waals surface area contributed by atoms with Crippen LogP contribution in [0.2, 0.25) is 0 Å². The van der Waals surface area contributed by atoms with Crippen molar-refractivity contribution >= 4 is 28.0 Å². The third-order valence-electron chi connectivity index (χ3n) is 3.11. The molecular formula is C15H16N4S2. The Kier molecular flexibility index (Phi) is 4.26. The average Bonchev–Trinajstić information content (AvgIpc) is 3.17. The molecule has 1 N–H and O–H groups in total. The normalized spacial score (nSPS) is 12.3. The number of hydrogen-bond donors (Lipinski definition) is 1. The van der Waals surface area contributed by atoms with Crippen LogP contribution in [0.5, 0.6) is 0 Å². The van der Waals surface area contributed by atoms with Crippen molar-refractivity contribution in [3.63, 3.8) is 0 Å². The van der Waals surface area contributed by atoms with E-state index in [1.54, 1.807) is 11.3 Å². The van der Waals surface area contributed by atoms with Crippen LogP contribution in [-0.4, -0.2) is 14.3 Å². The highest BCUT2D eigenvalue weighted by Crippen LogP contribution is 2.25. The van der Waals surface area contributed by atoms with Crippen molar-refractivity contribution in [2.24, 2.45) is 0 Å². The minimum Gasteiger partial charge on any atom is -0.352 e. The van der Waals surface area contributed by atoms with E-state index in [9.17, 15) is 0 Å². The molecule has 0 aliphatic rings.